The second-order valence-electron chi connectivity index (χ2n) is 1.43. The first-order chi connectivity index (χ1) is 4.76. The smallest absolute Gasteiger partial charge is 0.418 e. The van der Waals surface area contributed by atoms with Gasteiger partial charge in [-0.15, -0.1) is 0 Å². The molecule has 0 rings (SSSR count). The van der Waals surface area contributed by atoms with Crippen LogP contribution in [0.1, 0.15) is 0 Å². The van der Waals surface area contributed by atoms with Crippen molar-refractivity contribution in [2.24, 2.45) is 4.99 Å². The molecule has 0 heterocycles. The van der Waals surface area contributed by atoms with Gasteiger partial charge in [0.15, 0.2) is 0 Å². The molecule has 0 aromatic heterocycles. The van der Waals surface area contributed by atoms with E-state index in [0.29, 0.717) is 0 Å². The van der Waals surface area contributed by atoms with E-state index in [1.54, 1.807) is 7.05 Å². The van der Waals surface area contributed by atoms with Gasteiger partial charge in [-0.3, -0.25) is 4.99 Å². The predicted molar refractivity (Wildman–Crippen MR) is 38.9 cm³/mol. The Morgan fingerprint density at radius 3 is 2.70 bits per heavy atom. The monoisotopic (exact) mass is 142 g/mol. The molecule has 0 aliphatic heterocycles. The van der Waals surface area contributed by atoms with Crippen LogP contribution in [-0.2, 0) is 4.74 Å². The van der Waals surface area contributed by atoms with Crippen molar-refractivity contribution in [1.82, 2.24) is 4.90 Å². The maximum Gasteiger partial charge on any atom is 0.418 e. The molecule has 0 atom stereocenters. The maximum atomic E-state index is 10.7. The highest BCUT2D eigenvalue weighted by molar-refractivity contribution is 5.83. The number of amides is 1. The highest BCUT2D eigenvalue weighted by Crippen LogP contribution is 1.87. The van der Waals surface area contributed by atoms with Gasteiger partial charge in [-0.05, 0) is 0 Å². The third-order valence-corrected chi connectivity index (χ3v) is 0.822. The Morgan fingerprint density at radius 1 is 1.80 bits per heavy atom. The van der Waals surface area contributed by atoms with Crippen molar-refractivity contribution in [1.29, 1.82) is 0 Å². The number of methoxy groups -OCH3 is 1. The standard InChI is InChI=1S/C6H10N2O2/c1-4-8(5-7-2)6(9)10-3/h4-5H,1H2,2-3H3. The second-order valence-corrected chi connectivity index (χ2v) is 1.43. The normalized spacial score (nSPS) is 9.40. The van der Waals surface area contributed by atoms with Gasteiger partial charge in [0.05, 0.1) is 13.4 Å². The molecule has 0 aromatic carbocycles. The third-order valence-electron chi connectivity index (χ3n) is 0.822. The summed E-state index contributed by atoms with van der Waals surface area (Å²) in [7, 11) is 2.85. The molecule has 56 valence electrons. The lowest BCUT2D eigenvalue weighted by molar-refractivity contribution is 0.157. The van der Waals surface area contributed by atoms with Crippen LogP contribution in [0, 0.1) is 0 Å². The first-order valence-electron chi connectivity index (χ1n) is 2.67. The Labute approximate surface area is 59.8 Å². The van der Waals surface area contributed by atoms with Gasteiger partial charge in [0.25, 0.3) is 0 Å². The Hall–Kier alpha value is -1.32. The van der Waals surface area contributed by atoms with Gasteiger partial charge in [0.2, 0.25) is 0 Å². The van der Waals surface area contributed by atoms with Gasteiger partial charge in [0.1, 0.15) is 0 Å². The number of ether oxygens (including phenoxy) is 1. The zero-order valence-electron chi connectivity index (χ0n) is 6.07. The molecule has 0 aromatic rings. The summed E-state index contributed by atoms with van der Waals surface area (Å²) in [5.74, 6) is 0. The minimum Gasteiger partial charge on any atom is -0.452 e. The fourth-order valence-corrected chi connectivity index (χ4v) is 0.399. The van der Waals surface area contributed by atoms with Gasteiger partial charge in [-0.2, -0.15) is 0 Å². The van der Waals surface area contributed by atoms with Crippen LogP contribution in [0.15, 0.2) is 17.8 Å². The largest absolute Gasteiger partial charge is 0.452 e. The van der Waals surface area contributed by atoms with E-state index in [0.717, 1.165) is 4.90 Å². The topological polar surface area (TPSA) is 41.9 Å². The van der Waals surface area contributed by atoms with Crippen molar-refractivity contribution in [3.05, 3.63) is 12.8 Å². The zero-order valence-corrected chi connectivity index (χ0v) is 6.07. The molecule has 0 fully saturated rings. The Balaban J connectivity index is 4.06. The number of carbonyl (C=O) groups excluding carboxylic acids is 1. The zero-order chi connectivity index (χ0) is 7.98. The maximum absolute atomic E-state index is 10.7. The van der Waals surface area contributed by atoms with Crippen LogP contribution < -0.4 is 0 Å². The van der Waals surface area contributed by atoms with Gasteiger partial charge < -0.3 is 4.74 Å². The summed E-state index contributed by atoms with van der Waals surface area (Å²) in [6.45, 7) is 3.38. The molecule has 0 bridgehead atoms. The number of hydrogen-bond donors (Lipinski definition) is 0. The summed E-state index contributed by atoms with van der Waals surface area (Å²) < 4.78 is 4.38. The molecule has 0 aliphatic carbocycles. The minimum absolute atomic E-state index is 0.499. The van der Waals surface area contributed by atoms with Gasteiger partial charge >= 0.3 is 6.09 Å². The lowest BCUT2D eigenvalue weighted by Crippen LogP contribution is -2.23. The van der Waals surface area contributed by atoms with E-state index in [9.17, 15) is 4.79 Å². The summed E-state index contributed by atoms with van der Waals surface area (Å²) in [6.07, 6.45) is 2.14. The van der Waals surface area contributed by atoms with Crippen LogP contribution in [0.4, 0.5) is 4.79 Å². The SMILES string of the molecule is C=CN(C=NC)C(=O)OC. The lowest BCUT2D eigenvalue weighted by atomic mass is 10.8. The molecular weight excluding hydrogens is 132 g/mol. The summed E-state index contributed by atoms with van der Waals surface area (Å²) in [6, 6.07) is 0. The Morgan fingerprint density at radius 2 is 2.40 bits per heavy atom. The highest BCUT2D eigenvalue weighted by Gasteiger charge is 2.04. The van der Waals surface area contributed by atoms with Crippen molar-refractivity contribution in [2.75, 3.05) is 14.2 Å². The number of hydrogen-bond acceptors (Lipinski definition) is 3. The summed E-state index contributed by atoms with van der Waals surface area (Å²) in [4.78, 5) is 15.4. The Kier molecular flexibility index (Phi) is 3.95. The predicted octanol–water partition coefficient (Wildman–Crippen LogP) is 0.856. The average molecular weight is 142 g/mol. The average Bonchev–Trinajstić information content (AvgIpc) is 1.99. The molecule has 0 unspecified atom stereocenters. The first kappa shape index (κ1) is 8.68. The summed E-state index contributed by atoms with van der Waals surface area (Å²) in [5, 5.41) is 0. The molecular formula is C6H10N2O2. The molecule has 10 heavy (non-hydrogen) atoms. The molecule has 0 spiro atoms. The van der Waals surface area contributed by atoms with E-state index in [2.05, 4.69) is 16.3 Å². The van der Waals surface area contributed by atoms with Crippen LogP contribution in [0.25, 0.3) is 0 Å². The molecule has 0 saturated heterocycles. The molecule has 0 N–H and O–H groups in total. The van der Waals surface area contributed by atoms with E-state index in [-0.39, 0.29) is 0 Å². The van der Waals surface area contributed by atoms with E-state index in [1.807, 2.05) is 0 Å². The summed E-state index contributed by atoms with van der Waals surface area (Å²) >= 11 is 0. The van der Waals surface area contributed by atoms with Crippen LogP contribution >= 0.6 is 0 Å². The van der Waals surface area contributed by atoms with Crippen molar-refractivity contribution in [2.45, 2.75) is 0 Å². The fraction of sp³-hybridized carbons (Fsp3) is 0.333. The van der Waals surface area contributed by atoms with Crippen molar-refractivity contribution < 1.29 is 9.53 Å². The molecule has 0 radical (unpaired) electrons. The molecule has 4 heteroatoms. The van der Waals surface area contributed by atoms with E-state index >= 15 is 0 Å². The van der Waals surface area contributed by atoms with Crippen molar-refractivity contribution in [3.8, 4) is 0 Å². The van der Waals surface area contributed by atoms with E-state index in [1.165, 1.54) is 19.6 Å². The molecule has 0 aliphatic rings. The molecule has 4 nitrogen and oxygen atoms in total. The van der Waals surface area contributed by atoms with Crippen molar-refractivity contribution >= 4 is 12.4 Å². The molecule has 0 saturated carbocycles. The highest BCUT2D eigenvalue weighted by atomic mass is 16.5. The summed E-state index contributed by atoms with van der Waals surface area (Å²) in [5.41, 5.74) is 0. The van der Waals surface area contributed by atoms with Crippen LogP contribution in [-0.4, -0.2) is 31.5 Å². The van der Waals surface area contributed by atoms with Crippen LogP contribution in [0.3, 0.4) is 0 Å². The number of nitrogens with zero attached hydrogens (tertiary/aromatic N) is 2. The van der Waals surface area contributed by atoms with Crippen LogP contribution in [0.2, 0.25) is 0 Å². The number of aliphatic imine (C=N–C) groups is 1. The van der Waals surface area contributed by atoms with Crippen molar-refractivity contribution in [3.63, 3.8) is 0 Å². The number of rotatable bonds is 2. The van der Waals surface area contributed by atoms with Crippen LogP contribution in [0.5, 0.6) is 0 Å². The lowest BCUT2D eigenvalue weighted by Gasteiger charge is -2.08. The molecule has 1 amide bonds. The van der Waals surface area contributed by atoms with Gasteiger partial charge in [-0.1, -0.05) is 6.58 Å². The number of carbonyl (C=O) groups is 1. The Bertz CT molecular complexity index is 154. The van der Waals surface area contributed by atoms with Gasteiger partial charge in [-0.25, -0.2) is 9.69 Å². The minimum atomic E-state index is -0.499. The first-order valence-corrected chi connectivity index (χ1v) is 2.67. The van der Waals surface area contributed by atoms with Gasteiger partial charge in [0, 0.05) is 13.2 Å². The second kappa shape index (κ2) is 4.55. The third kappa shape index (κ3) is 2.30. The van der Waals surface area contributed by atoms with E-state index < -0.39 is 6.09 Å². The van der Waals surface area contributed by atoms with E-state index in [4.69, 9.17) is 0 Å². The fourth-order valence-electron chi connectivity index (χ4n) is 0.399. The quantitative estimate of drug-likeness (QED) is 0.424.